The molecule has 3 heterocycles. The lowest BCUT2D eigenvalue weighted by Crippen LogP contribution is -2.33. The number of carbonyl (C=O) groups is 1. The first-order valence-corrected chi connectivity index (χ1v) is 9.33. The minimum Gasteiger partial charge on any atom is -0.361 e. The van der Waals surface area contributed by atoms with Crippen molar-refractivity contribution in [2.24, 2.45) is 11.8 Å². The topological polar surface area (TPSA) is 39.3 Å². The Morgan fingerprint density at radius 1 is 1.00 bits per heavy atom. The van der Waals surface area contributed by atoms with Gasteiger partial charge in [-0.25, -0.2) is 0 Å². The SMILES string of the molecule is CN1CC2CN(C(=O)c3cccc4[nH]ccc34)CC2C1c1ccccc1. The van der Waals surface area contributed by atoms with Gasteiger partial charge in [0, 0.05) is 54.3 Å². The van der Waals surface area contributed by atoms with Gasteiger partial charge in [0.1, 0.15) is 0 Å². The van der Waals surface area contributed by atoms with Crippen molar-refractivity contribution in [3.63, 3.8) is 0 Å². The number of H-pyrrole nitrogens is 1. The molecule has 5 rings (SSSR count). The maximum absolute atomic E-state index is 13.2. The summed E-state index contributed by atoms with van der Waals surface area (Å²) < 4.78 is 0. The second-order valence-electron chi connectivity index (χ2n) is 7.67. The van der Waals surface area contributed by atoms with E-state index in [1.54, 1.807) is 0 Å². The number of rotatable bonds is 2. The average molecular weight is 345 g/mol. The number of fused-ring (bicyclic) bond motifs is 2. The van der Waals surface area contributed by atoms with Crippen LogP contribution >= 0.6 is 0 Å². The Morgan fingerprint density at radius 3 is 2.69 bits per heavy atom. The summed E-state index contributed by atoms with van der Waals surface area (Å²) in [6.07, 6.45) is 1.90. The highest BCUT2D eigenvalue weighted by Crippen LogP contribution is 2.44. The van der Waals surface area contributed by atoms with Crippen LogP contribution in [-0.4, -0.2) is 47.4 Å². The number of amides is 1. The van der Waals surface area contributed by atoms with E-state index >= 15 is 0 Å². The van der Waals surface area contributed by atoms with Crippen molar-refractivity contribution in [1.82, 2.24) is 14.8 Å². The molecule has 1 N–H and O–H groups in total. The Morgan fingerprint density at radius 2 is 1.85 bits per heavy atom. The molecule has 132 valence electrons. The number of carbonyl (C=O) groups excluding carboxylic acids is 1. The molecule has 2 aromatic carbocycles. The van der Waals surface area contributed by atoms with Crippen LogP contribution in [0.4, 0.5) is 0 Å². The fourth-order valence-electron chi connectivity index (χ4n) is 5.02. The zero-order chi connectivity index (χ0) is 17.7. The predicted octanol–water partition coefficient (Wildman–Crippen LogP) is 3.54. The first-order valence-electron chi connectivity index (χ1n) is 9.33. The second kappa shape index (κ2) is 5.99. The highest BCUT2D eigenvalue weighted by molar-refractivity contribution is 6.06. The molecule has 0 radical (unpaired) electrons. The highest BCUT2D eigenvalue weighted by atomic mass is 16.2. The van der Waals surface area contributed by atoms with Crippen LogP contribution in [0.15, 0.2) is 60.8 Å². The molecular formula is C22H23N3O. The van der Waals surface area contributed by atoms with Gasteiger partial charge in [-0.1, -0.05) is 36.4 Å². The Kier molecular flexibility index (Phi) is 3.61. The maximum atomic E-state index is 13.2. The third kappa shape index (κ3) is 2.36. The standard InChI is InChI=1S/C22H23N3O/c1-24-12-16-13-25(14-19(16)21(24)15-6-3-2-4-7-15)22(26)18-8-5-9-20-17(18)10-11-23-20/h2-11,16,19,21,23H,12-14H2,1H3. The van der Waals surface area contributed by atoms with Crippen LogP contribution in [0, 0.1) is 11.8 Å². The Labute approximate surface area is 153 Å². The first-order chi connectivity index (χ1) is 12.7. The lowest BCUT2D eigenvalue weighted by molar-refractivity contribution is 0.0770. The van der Waals surface area contributed by atoms with Crippen molar-refractivity contribution in [3.8, 4) is 0 Å². The summed E-state index contributed by atoms with van der Waals surface area (Å²) in [5.74, 6) is 1.23. The number of likely N-dealkylation sites (tertiary alicyclic amines) is 2. The van der Waals surface area contributed by atoms with Gasteiger partial charge >= 0.3 is 0 Å². The smallest absolute Gasteiger partial charge is 0.254 e. The largest absolute Gasteiger partial charge is 0.361 e. The zero-order valence-electron chi connectivity index (χ0n) is 14.9. The molecule has 4 heteroatoms. The molecule has 2 fully saturated rings. The summed E-state index contributed by atoms with van der Waals surface area (Å²) >= 11 is 0. The zero-order valence-corrected chi connectivity index (χ0v) is 14.9. The van der Waals surface area contributed by atoms with Gasteiger partial charge in [-0.3, -0.25) is 9.69 Å². The summed E-state index contributed by atoms with van der Waals surface area (Å²) in [6.45, 7) is 2.76. The van der Waals surface area contributed by atoms with Gasteiger partial charge in [-0.05, 0) is 36.7 Å². The number of nitrogens with one attached hydrogen (secondary N) is 1. The molecule has 1 amide bonds. The molecule has 2 aliphatic heterocycles. The monoisotopic (exact) mass is 345 g/mol. The lowest BCUT2D eigenvalue weighted by atomic mass is 9.90. The normalized spacial score (nSPS) is 25.7. The van der Waals surface area contributed by atoms with Crippen LogP contribution in [0.3, 0.4) is 0 Å². The van der Waals surface area contributed by atoms with Crippen molar-refractivity contribution < 1.29 is 4.79 Å². The second-order valence-corrected chi connectivity index (χ2v) is 7.67. The molecule has 2 aliphatic rings. The molecule has 3 aromatic rings. The number of aromatic amines is 1. The molecule has 3 atom stereocenters. The van der Waals surface area contributed by atoms with Gasteiger partial charge in [0.25, 0.3) is 5.91 Å². The van der Waals surface area contributed by atoms with Crippen molar-refractivity contribution in [2.45, 2.75) is 6.04 Å². The lowest BCUT2D eigenvalue weighted by Gasteiger charge is -2.27. The molecular weight excluding hydrogens is 322 g/mol. The summed E-state index contributed by atoms with van der Waals surface area (Å²) in [5.41, 5.74) is 3.20. The van der Waals surface area contributed by atoms with E-state index < -0.39 is 0 Å². The molecule has 4 nitrogen and oxygen atoms in total. The van der Waals surface area contributed by atoms with E-state index in [4.69, 9.17) is 0 Å². The van der Waals surface area contributed by atoms with E-state index in [2.05, 4.69) is 52.2 Å². The van der Waals surface area contributed by atoms with Gasteiger partial charge in [0.05, 0.1) is 0 Å². The quantitative estimate of drug-likeness (QED) is 0.772. The Bertz CT molecular complexity index is 948. The molecule has 0 aliphatic carbocycles. The Balaban J connectivity index is 1.42. The van der Waals surface area contributed by atoms with Crippen LogP contribution in [0.1, 0.15) is 22.0 Å². The minimum absolute atomic E-state index is 0.166. The van der Waals surface area contributed by atoms with Gasteiger partial charge in [0.2, 0.25) is 0 Å². The van der Waals surface area contributed by atoms with Crippen molar-refractivity contribution in [3.05, 3.63) is 71.9 Å². The van der Waals surface area contributed by atoms with E-state index in [1.807, 2.05) is 30.5 Å². The molecule has 0 bridgehead atoms. The van der Waals surface area contributed by atoms with E-state index in [0.29, 0.717) is 17.9 Å². The third-order valence-electron chi connectivity index (χ3n) is 6.15. The van der Waals surface area contributed by atoms with Gasteiger partial charge < -0.3 is 9.88 Å². The minimum atomic E-state index is 0.166. The van der Waals surface area contributed by atoms with Crippen LogP contribution in [0.25, 0.3) is 10.9 Å². The van der Waals surface area contributed by atoms with Gasteiger partial charge in [-0.2, -0.15) is 0 Å². The number of nitrogens with zero attached hydrogens (tertiary/aromatic N) is 2. The molecule has 26 heavy (non-hydrogen) atoms. The molecule has 2 saturated heterocycles. The van der Waals surface area contributed by atoms with E-state index in [-0.39, 0.29) is 5.91 Å². The summed E-state index contributed by atoms with van der Waals surface area (Å²) in [4.78, 5) is 20.9. The Hall–Kier alpha value is -2.59. The summed E-state index contributed by atoms with van der Waals surface area (Å²) in [7, 11) is 2.21. The van der Waals surface area contributed by atoms with Crippen LogP contribution < -0.4 is 0 Å². The van der Waals surface area contributed by atoms with Crippen LogP contribution in [0.5, 0.6) is 0 Å². The van der Waals surface area contributed by atoms with Crippen LogP contribution in [-0.2, 0) is 0 Å². The predicted molar refractivity (Wildman–Crippen MR) is 103 cm³/mol. The number of benzene rings is 2. The third-order valence-corrected chi connectivity index (χ3v) is 6.15. The first kappa shape index (κ1) is 15.6. The fourth-order valence-corrected chi connectivity index (χ4v) is 5.02. The molecule has 1 aromatic heterocycles. The van der Waals surface area contributed by atoms with Crippen molar-refractivity contribution >= 4 is 16.8 Å². The maximum Gasteiger partial charge on any atom is 0.254 e. The number of hydrogen-bond acceptors (Lipinski definition) is 2. The number of hydrogen-bond donors (Lipinski definition) is 1. The molecule has 3 unspecified atom stereocenters. The van der Waals surface area contributed by atoms with E-state index in [1.165, 1.54) is 5.56 Å². The van der Waals surface area contributed by atoms with Gasteiger partial charge in [-0.15, -0.1) is 0 Å². The average Bonchev–Trinajstić information content (AvgIpc) is 3.35. The van der Waals surface area contributed by atoms with Gasteiger partial charge in [0.15, 0.2) is 0 Å². The van der Waals surface area contributed by atoms with Crippen LogP contribution in [0.2, 0.25) is 0 Å². The van der Waals surface area contributed by atoms with Crippen molar-refractivity contribution in [1.29, 1.82) is 0 Å². The number of aromatic nitrogens is 1. The molecule has 0 saturated carbocycles. The van der Waals surface area contributed by atoms with Crippen molar-refractivity contribution in [2.75, 3.05) is 26.7 Å². The highest BCUT2D eigenvalue weighted by Gasteiger charge is 2.47. The fraction of sp³-hybridized carbons (Fsp3) is 0.318. The van der Waals surface area contributed by atoms with E-state index in [9.17, 15) is 4.79 Å². The molecule has 0 spiro atoms. The summed E-state index contributed by atoms with van der Waals surface area (Å²) in [5, 5.41) is 1.02. The van der Waals surface area contributed by atoms with E-state index in [0.717, 1.165) is 36.1 Å². The summed E-state index contributed by atoms with van der Waals surface area (Å²) in [6, 6.07) is 19.1.